The van der Waals surface area contributed by atoms with Crippen LogP contribution in [0.5, 0.6) is 0 Å². The van der Waals surface area contributed by atoms with Crippen molar-refractivity contribution in [2.24, 2.45) is 5.92 Å². The first-order valence-electron chi connectivity index (χ1n) is 7.00. The van der Waals surface area contributed by atoms with Gasteiger partial charge in [-0.25, -0.2) is 4.39 Å². The number of aromatic nitrogens is 1. The van der Waals surface area contributed by atoms with Gasteiger partial charge in [-0.15, -0.1) is 0 Å². The number of fused-ring (bicyclic) bond motifs is 1. The molecule has 1 heterocycles. The van der Waals surface area contributed by atoms with Gasteiger partial charge in [0.15, 0.2) is 0 Å². The number of aromatic amines is 1. The zero-order valence-electron chi connectivity index (χ0n) is 11.5. The molecule has 3 rings (SSSR count). The quantitative estimate of drug-likeness (QED) is 0.752. The van der Waals surface area contributed by atoms with Crippen molar-refractivity contribution < 1.29 is 14.3 Å². The predicted molar refractivity (Wildman–Crippen MR) is 78.2 cm³/mol. The van der Waals surface area contributed by atoms with Crippen molar-refractivity contribution in [3.63, 3.8) is 0 Å². The molecular weight excluding hydrogens is 271 g/mol. The molecule has 110 valence electrons. The van der Waals surface area contributed by atoms with E-state index in [2.05, 4.69) is 10.3 Å². The second kappa shape index (κ2) is 5.69. The van der Waals surface area contributed by atoms with E-state index in [1.54, 1.807) is 12.3 Å². The molecule has 0 bridgehead atoms. The van der Waals surface area contributed by atoms with Crippen LogP contribution in [0, 0.1) is 11.7 Å². The lowest BCUT2D eigenvalue weighted by atomic mass is 10.1. The highest BCUT2D eigenvalue weighted by atomic mass is 19.1. The van der Waals surface area contributed by atoms with Crippen LogP contribution in [-0.4, -0.2) is 28.6 Å². The number of aliphatic hydroxyl groups is 1. The SMILES string of the molecule is O=C(Cc1c[nH]c2cc(F)ccc12)N[C@@H]1C=C[C@H](CO)C1. The minimum Gasteiger partial charge on any atom is -0.396 e. The zero-order chi connectivity index (χ0) is 14.8. The molecule has 2 aromatic rings. The topological polar surface area (TPSA) is 65.1 Å². The molecule has 1 amide bonds. The van der Waals surface area contributed by atoms with E-state index in [-0.39, 0.29) is 36.7 Å². The molecule has 0 unspecified atom stereocenters. The molecule has 0 radical (unpaired) electrons. The van der Waals surface area contributed by atoms with Gasteiger partial charge in [0.05, 0.1) is 6.42 Å². The number of carbonyl (C=O) groups excluding carboxylic acids is 1. The Labute approximate surface area is 121 Å². The highest BCUT2D eigenvalue weighted by Gasteiger charge is 2.20. The van der Waals surface area contributed by atoms with Gasteiger partial charge in [0, 0.05) is 35.7 Å². The van der Waals surface area contributed by atoms with Gasteiger partial charge in [-0.3, -0.25) is 4.79 Å². The van der Waals surface area contributed by atoms with Crippen LogP contribution in [0.4, 0.5) is 4.39 Å². The van der Waals surface area contributed by atoms with Gasteiger partial charge in [-0.2, -0.15) is 0 Å². The summed E-state index contributed by atoms with van der Waals surface area (Å²) in [5.74, 6) is -0.244. The van der Waals surface area contributed by atoms with Crippen molar-refractivity contribution in [3.05, 3.63) is 47.9 Å². The van der Waals surface area contributed by atoms with Gasteiger partial charge >= 0.3 is 0 Å². The van der Waals surface area contributed by atoms with Gasteiger partial charge in [0.2, 0.25) is 5.91 Å². The Kier molecular flexibility index (Phi) is 3.75. The summed E-state index contributed by atoms with van der Waals surface area (Å²) in [5.41, 5.74) is 1.54. The summed E-state index contributed by atoms with van der Waals surface area (Å²) in [6.45, 7) is 0.108. The molecule has 3 N–H and O–H groups in total. The minimum atomic E-state index is -0.300. The van der Waals surface area contributed by atoms with E-state index in [1.165, 1.54) is 12.1 Å². The fourth-order valence-corrected chi connectivity index (χ4v) is 2.75. The standard InChI is InChI=1S/C16H17FN2O2/c17-12-2-4-14-11(8-18-15(14)7-12)6-16(21)19-13-3-1-10(5-13)9-20/h1-4,7-8,10,13,18,20H,5-6,9H2,(H,19,21)/t10-,13+/m0/s1. The van der Waals surface area contributed by atoms with Crippen LogP contribution < -0.4 is 5.32 Å². The summed E-state index contributed by atoms with van der Waals surface area (Å²) < 4.78 is 13.1. The molecule has 4 nitrogen and oxygen atoms in total. The molecule has 1 aliphatic carbocycles. The summed E-state index contributed by atoms with van der Waals surface area (Å²) >= 11 is 0. The van der Waals surface area contributed by atoms with Crippen LogP contribution in [0.25, 0.3) is 10.9 Å². The van der Waals surface area contributed by atoms with Crippen molar-refractivity contribution in [2.45, 2.75) is 18.9 Å². The van der Waals surface area contributed by atoms with Crippen LogP contribution in [0.1, 0.15) is 12.0 Å². The van der Waals surface area contributed by atoms with Crippen molar-refractivity contribution in [2.75, 3.05) is 6.61 Å². The summed E-state index contributed by atoms with van der Waals surface area (Å²) in [6.07, 6.45) is 6.58. The van der Waals surface area contributed by atoms with Crippen LogP contribution >= 0.6 is 0 Å². The largest absolute Gasteiger partial charge is 0.396 e. The normalized spacial score (nSPS) is 21.0. The van der Waals surface area contributed by atoms with Gasteiger partial charge < -0.3 is 15.4 Å². The lowest BCUT2D eigenvalue weighted by Crippen LogP contribution is -2.34. The van der Waals surface area contributed by atoms with Crippen LogP contribution in [-0.2, 0) is 11.2 Å². The van der Waals surface area contributed by atoms with Gasteiger partial charge in [0.25, 0.3) is 0 Å². The van der Waals surface area contributed by atoms with E-state index >= 15 is 0 Å². The molecule has 1 aromatic carbocycles. The molecule has 0 fully saturated rings. The average Bonchev–Trinajstić information content (AvgIpc) is 3.06. The lowest BCUT2D eigenvalue weighted by molar-refractivity contribution is -0.120. The van der Waals surface area contributed by atoms with Crippen molar-refractivity contribution >= 4 is 16.8 Å². The second-order valence-corrected chi connectivity index (χ2v) is 5.42. The monoisotopic (exact) mass is 288 g/mol. The highest BCUT2D eigenvalue weighted by Crippen LogP contribution is 2.20. The number of rotatable bonds is 4. The fourth-order valence-electron chi connectivity index (χ4n) is 2.75. The molecule has 21 heavy (non-hydrogen) atoms. The fraction of sp³-hybridized carbons (Fsp3) is 0.312. The third-order valence-electron chi connectivity index (χ3n) is 3.83. The third kappa shape index (κ3) is 2.97. The number of nitrogens with one attached hydrogen (secondary N) is 2. The van der Waals surface area contributed by atoms with E-state index < -0.39 is 0 Å². The maximum atomic E-state index is 13.1. The van der Waals surface area contributed by atoms with Crippen LogP contribution in [0.3, 0.4) is 0 Å². The van der Waals surface area contributed by atoms with E-state index in [4.69, 9.17) is 5.11 Å². The van der Waals surface area contributed by atoms with Crippen molar-refractivity contribution in [1.82, 2.24) is 10.3 Å². The van der Waals surface area contributed by atoms with Crippen molar-refractivity contribution in [1.29, 1.82) is 0 Å². The third-order valence-corrected chi connectivity index (χ3v) is 3.83. The number of aliphatic hydroxyl groups excluding tert-OH is 1. The first kappa shape index (κ1) is 13.8. The number of hydrogen-bond acceptors (Lipinski definition) is 2. The smallest absolute Gasteiger partial charge is 0.224 e. The van der Waals surface area contributed by atoms with Gasteiger partial charge in [0.1, 0.15) is 5.82 Å². The van der Waals surface area contributed by atoms with E-state index in [9.17, 15) is 9.18 Å². The number of amides is 1. The summed E-state index contributed by atoms with van der Waals surface area (Å²) in [7, 11) is 0. The Morgan fingerprint density at radius 1 is 1.43 bits per heavy atom. The number of halogens is 1. The number of hydrogen-bond donors (Lipinski definition) is 3. The Balaban J connectivity index is 1.65. The highest BCUT2D eigenvalue weighted by molar-refractivity contribution is 5.89. The molecule has 0 spiro atoms. The minimum absolute atomic E-state index is 0.0164. The Morgan fingerprint density at radius 3 is 3.05 bits per heavy atom. The number of benzene rings is 1. The number of H-pyrrole nitrogens is 1. The lowest BCUT2D eigenvalue weighted by Gasteiger charge is -2.12. The molecule has 2 atom stereocenters. The van der Waals surface area contributed by atoms with Crippen LogP contribution in [0.2, 0.25) is 0 Å². The summed E-state index contributed by atoms with van der Waals surface area (Å²) in [5, 5.41) is 12.9. The molecular formula is C16H17FN2O2. The Morgan fingerprint density at radius 2 is 2.29 bits per heavy atom. The van der Waals surface area contributed by atoms with Gasteiger partial charge in [-0.05, 0) is 30.2 Å². The van der Waals surface area contributed by atoms with Crippen LogP contribution in [0.15, 0.2) is 36.5 Å². The maximum absolute atomic E-state index is 13.1. The number of carbonyl (C=O) groups is 1. The predicted octanol–water partition coefficient (Wildman–Crippen LogP) is 1.90. The Bertz CT molecular complexity index is 693. The molecule has 1 aromatic heterocycles. The first-order chi connectivity index (χ1) is 10.2. The van der Waals surface area contributed by atoms with Gasteiger partial charge in [-0.1, -0.05) is 12.2 Å². The molecule has 5 heteroatoms. The molecule has 0 aliphatic heterocycles. The Hall–Kier alpha value is -2.14. The summed E-state index contributed by atoms with van der Waals surface area (Å²) in [6, 6.07) is 4.48. The maximum Gasteiger partial charge on any atom is 0.224 e. The molecule has 0 saturated heterocycles. The molecule has 0 saturated carbocycles. The average molecular weight is 288 g/mol. The summed E-state index contributed by atoms with van der Waals surface area (Å²) in [4.78, 5) is 15.1. The van der Waals surface area contributed by atoms with E-state index in [1.807, 2.05) is 12.2 Å². The van der Waals surface area contributed by atoms with E-state index in [0.29, 0.717) is 5.52 Å². The second-order valence-electron chi connectivity index (χ2n) is 5.42. The van der Waals surface area contributed by atoms with E-state index in [0.717, 1.165) is 17.4 Å². The van der Waals surface area contributed by atoms with Crippen molar-refractivity contribution in [3.8, 4) is 0 Å². The molecule has 1 aliphatic rings. The zero-order valence-corrected chi connectivity index (χ0v) is 11.5. The first-order valence-corrected chi connectivity index (χ1v) is 7.00.